The molecule has 5 heteroatoms. The number of thiophene rings is 1. The van der Waals surface area contributed by atoms with Crippen molar-refractivity contribution in [2.75, 3.05) is 0 Å². The number of aromatic hydroxyl groups is 1. The van der Waals surface area contributed by atoms with Gasteiger partial charge in [-0.05, 0) is 29.9 Å². The summed E-state index contributed by atoms with van der Waals surface area (Å²) in [6, 6.07) is 11.9. The molecule has 1 aliphatic rings. The third-order valence-electron chi connectivity index (χ3n) is 3.77. The smallest absolute Gasteiger partial charge is 0.271 e. The zero-order valence-electron chi connectivity index (χ0n) is 10.6. The number of hydrogen-bond donors (Lipinski definition) is 1. The van der Waals surface area contributed by atoms with Crippen molar-refractivity contribution < 1.29 is 9.63 Å². The number of rotatable bonds is 3. The fraction of sp³-hybridized carbons (Fsp3) is 0.200. The van der Waals surface area contributed by atoms with E-state index >= 15 is 0 Å². The van der Waals surface area contributed by atoms with Gasteiger partial charge in [-0.3, -0.25) is 0 Å². The normalized spacial score (nSPS) is 16.2. The third-order valence-corrected chi connectivity index (χ3v) is 4.66. The van der Waals surface area contributed by atoms with E-state index in [0.717, 1.165) is 12.8 Å². The summed E-state index contributed by atoms with van der Waals surface area (Å²) in [6.07, 6.45) is 2.07. The second kappa shape index (κ2) is 4.18. The number of nitrogens with zero attached hydrogens (tertiary/aromatic N) is 2. The Kier molecular flexibility index (Phi) is 2.44. The standard InChI is InChI=1S/C15H12N2O2S/c18-11-6-9-20-12(11)13-16-14(17-19-13)15(7-8-15)10-4-2-1-3-5-10/h1-6,9,18H,7-8H2. The zero-order valence-corrected chi connectivity index (χ0v) is 11.4. The molecule has 0 amide bonds. The topological polar surface area (TPSA) is 59.2 Å². The molecule has 1 aromatic carbocycles. The van der Waals surface area contributed by atoms with Crippen molar-refractivity contribution in [1.29, 1.82) is 0 Å². The Morgan fingerprint density at radius 1 is 1.15 bits per heavy atom. The zero-order chi connectivity index (χ0) is 13.6. The van der Waals surface area contributed by atoms with E-state index in [2.05, 4.69) is 22.3 Å². The molecule has 2 aromatic heterocycles. The van der Waals surface area contributed by atoms with Gasteiger partial charge >= 0.3 is 0 Å². The highest BCUT2D eigenvalue weighted by molar-refractivity contribution is 7.13. The average Bonchev–Trinajstić information content (AvgIpc) is 2.94. The van der Waals surface area contributed by atoms with Gasteiger partial charge in [-0.1, -0.05) is 35.5 Å². The average molecular weight is 284 g/mol. The van der Waals surface area contributed by atoms with Gasteiger partial charge in [0.25, 0.3) is 5.89 Å². The Labute approximate surface area is 119 Å². The van der Waals surface area contributed by atoms with E-state index in [1.165, 1.54) is 16.9 Å². The monoisotopic (exact) mass is 284 g/mol. The Bertz CT molecular complexity index is 744. The molecule has 4 rings (SSSR count). The van der Waals surface area contributed by atoms with E-state index in [4.69, 9.17) is 4.52 Å². The van der Waals surface area contributed by atoms with E-state index in [1.54, 1.807) is 11.4 Å². The maximum atomic E-state index is 9.73. The molecule has 1 aliphatic carbocycles. The molecule has 0 bridgehead atoms. The Morgan fingerprint density at radius 2 is 1.95 bits per heavy atom. The van der Waals surface area contributed by atoms with Gasteiger partial charge < -0.3 is 9.63 Å². The molecule has 0 saturated heterocycles. The molecule has 0 radical (unpaired) electrons. The van der Waals surface area contributed by atoms with Gasteiger partial charge in [0.15, 0.2) is 5.82 Å². The maximum absolute atomic E-state index is 9.73. The number of aromatic nitrogens is 2. The van der Waals surface area contributed by atoms with Crippen molar-refractivity contribution in [2.45, 2.75) is 18.3 Å². The molecule has 20 heavy (non-hydrogen) atoms. The summed E-state index contributed by atoms with van der Waals surface area (Å²) in [6.45, 7) is 0. The van der Waals surface area contributed by atoms with Gasteiger partial charge in [0, 0.05) is 0 Å². The van der Waals surface area contributed by atoms with Gasteiger partial charge in [-0.25, -0.2) is 0 Å². The lowest BCUT2D eigenvalue weighted by Gasteiger charge is -2.09. The molecule has 0 atom stereocenters. The van der Waals surface area contributed by atoms with Crippen LogP contribution in [0, 0.1) is 0 Å². The Hall–Kier alpha value is -2.14. The molecule has 2 heterocycles. The highest BCUT2D eigenvalue weighted by atomic mass is 32.1. The van der Waals surface area contributed by atoms with E-state index in [-0.39, 0.29) is 11.2 Å². The van der Waals surface area contributed by atoms with Gasteiger partial charge in [-0.15, -0.1) is 11.3 Å². The Morgan fingerprint density at radius 3 is 2.60 bits per heavy atom. The van der Waals surface area contributed by atoms with Gasteiger partial charge in [0.05, 0.1) is 5.41 Å². The van der Waals surface area contributed by atoms with Crippen molar-refractivity contribution in [1.82, 2.24) is 10.1 Å². The first-order valence-electron chi connectivity index (χ1n) is 6.46. The van der Waals surface area contributed by atoms with Crippen molar-refractivity contribution >= 4 is 11.3 Å². The summed E-state index contributed by atoms with van der Waals surface area (Å²) in [5.41, 5.74) is 1.12. The minimum atomic E-state index is -0.101. The summed E-state index contributed by atoms with van der Waals surface area (Å²) in [5, 5.41) is 15.7. The predicted octanol–water partition coefficient (Wildman–Crippen LogP) is 3.58. The first-order chi connectivity index (χ1) is 9.79. The molecule has 4 nitrogen and oxygen atoms in total. The molecule has 1 saturated carbocycles. The first-order valence-corrected chi connectivity index (χ1v) is 7.34. The highest BCUT2D eigenvalue weighted by Gasteiger charge is 2.50. The number of hydrogen-bond acceptors (Lipinski definition) is 5. The quantitative estimate of drug-likeness (QED) is 0.798. The Balaban J connectivity index is 1.74. The van der Waals surface area contributed by atoms with Crippen LogP contribution in [0.4, 0.5) is 0 Å². The summed E-state index contributed by atoms with van der Waals surface area (Å²) in [5.74, 6) is 1.30. The predicted molar refractivity (Wildman–Crippen MR) is 75.7 cm³/mol. The summed E-state index contributed by atoms with van der Waals surface area (Å²) >= 11 is 1.40. The van der Waals surface area contributed by atoms with Crippen LogP contribution in [0.2, 0.25) is 0 Å². The van der Waals surface area contributed by atoms with E-state index in [0.29, 0.717) is 16.6 Å². The van der Waals surface area contributed by atoms with Crippen LogP contribution in [0.1, 0.15) is 24.2 Å². The number of benzene rings is 1. The molecule has 1 N–H and O–H groups in total. The molecule has 0 unspecified atom stereocenters. The summed E-state index contributed by atoms with van der Waals surface area (Å²) in [7, 11) is 0. The van der Waals surface area contributed by atoms with E-state index < -0.39 is 0 Å². The van der Waals surface area contributed by atoms with Crippen LogP contribution < -0.4 is 0 Å². The lowest BCUT2D eigenvalue weighted by atomic mass is 9.95. The van der Waals surface area contributed by atoms with Crippen molar-refractivity contribution in [3.05, 3.63) is 53.2 Å². The first kappa shape index (κ1) is 11.7. The maximum Gasteiger partial charge on any atom is 0.271 e. The summed E-state index contributed by atoms with van der Waals surface area (Å²) < 4.78 is 5.33. The minimum Gasteiger partial charge on any atom is -0.506 e. The van der Waals surface area contributed by atoms with E-state index in [9.17, 15) is 5.11 Å². The van der Waals surface area contributed by atoms with Crippen LogP contribution in [0.3, 0.4) is 0 Å². The largest absolute Gasteiger partial charge is 0.506 e. The SMILES string of the molecule is Oc1ccsc1-c1nc(C2(c3ccccc3)CC2)no1. The molecular formula is C15H12N2O2S. The van der Waals surface area contributed by atoms with Crippen molar-refractivity contribution in [3.63, 3.8) is 0 Å². The molecule has 0 aliphatic heterocycles. The highest BCUT2D eigenvalue weighted by Crippen LogP contribution is 2.52. The molecule has 3 aromatic rings. The third kappa shape index (κ3) is 1.67. The fourth-order valence-corrected chi connectivity index (χ4v) is 3.20. The van der Waals surface area contributed by atoms with Crippen LogP contribution in [-0.2, 0) is 5.41 Å². The molecule has 0 spiro atoms. The molecule has 1 fully saturated rings. The molecule has 100 valence electrons. The lowest BCUT2D eigenvalue weighted by molar-refractivity contribution is 0.415. The second-order valence-corrected chi connectivity index (χ2v) is 5.92. The van der Waals surface area contributed by atoms with Gasteiger partial charge in [-0.2, -0.15) is 4.98 Å². The minimum absolute atomic E-state index is 0.101. The fourth-order valence-electron chi connectivity index (χ4n) is 2.50. The van der Waals surface area contributed by atoms with Gasteiger partial charge in [0.2, 0.25) is 0 Å². The van der Waals surface area contributed by atoms with Crippen molar-refractivity contribution in [3.8, 4) is 16.5 Å². The second-order valence-electron chi connectivity index (χ2n) is 5.01. The molecular weight excluding hydrogens is 272 g/mol. The van der Waals surface area contributed by atoms with Crippen LogP contribution in [0.5, 0.6) is 5.75 Å². The van der Waals surface area contributed by atoms with Crippen molar-refractivity contribution in [2.24, 2.45) is 0 Å². The van der Waals surface area contributed by atoms with Crippen LogP contribution in [0.25, 0.3) is 10.8 Å². The van der Waals surface area contributed by atoms with Crippen LogP contribution >= 0.6 is 11.3 Å². The van der Waals surface area contributed by atoms with E-state index in [1.807, 2.05) is 18.2 Å². The van der Waals surface area contributed by atoms with Crippen LogP contribution in [0.15, 0.2) is 46.3 Å². The lowest BCUT2D eigenvalue weighted by Crippen LogP contribution is -2.10. The van der Waals surface area contributed by atoms with Crippen LogP contribution in [-0.4, -0.2) is 15.2 Å². The van der Waals surface area contributed by atoms with Gasteiger partial charge in [0.1, 0.15) is 10.6 Å². The summed E-state index contributed by atoms with van der Waals surface area (Å²) in [4.78, 5) is 5.13.